The van der Waals surface area contributed by atoms with Gasteiger partial charge in [0, 0.05) is 16.1 Å². The molecular weight excluding hydrogens is 245 g/mol. The van der Waals surface area contributed by atoms with E-state index in [1.807, 2.05) is 19.9 Å². The fourth-order valence-corrected chi connectivity index (χ4v) is 2.16. The second-order valence-corrected chi connectivity index (χ2v) is 4.01. The quantitative estimate of drug-likeness (QED) is 0.871. The molecule has 0 aliphatic heterocycles. The Hall–Kier alpha value is -0.410. The summed E-state index contributed by atoms with van der Waals surface area (Å²) in [5.41, 5.74) is 0.733. The van der Waals surface area contributed by atoms with E-state index in [1.165, 1.54) is 6.07 Å². The number of hydrogen-bond donors (Lipinski definition) is 1. The summed E-state index contributed by atoms with van der Waals surface area (Å²) >= 11 is 3.38. The smallest absolute Gasteiger partial charge is 0.129 e. The van der Waals surface area contributed by atoms with Crippen LogP contribution in [0, 0.1) is 5.82 Å². The second-order valence-electron chi connectivity index (χ2n) is 3.15. The zero-order valence-corrected chi connectivity index (χ0v) is 10.1. The Morgan fingerprint density at radius 1 is 1.43 bits per heavy atom. The minimum atomic E-state index is -0.146. The summed E-state index contributed by atoms with van der Waals surface area (Å²) in [6.45, 7) is 4.92. The van der Waals surface area contributed by atoms with Gasteiger partial charge in [-0.05, 0) is 25.1 Å². The average Bonchev–Trinajstić information content (AvgIpc) is 2.16. The Balaban J connectivity index is 3.02. The molecule has 1 atom stereocenters. The molecule has 0 amide bonds. The van der Waals surface area contributed by atoms with E-state index in [0.29, 0.717) is 0 Å². The van der Waals surface area contributed by atoms with Gasteiger partial charge in [0.2, 0.25) is 0 Å². The normalized spacial score (nSPS) is 12.9. The van der Waals surface area contributed by atoms with Gasteiger partial charge in [0.05, 0.1) is 0 Å². The van der Waals surface area contributed by atoms with E-state index < -0.39 is 0 Å². The number of benzene rings is 1. The minimum Gasteiger partial charge on any atom is -0.310 e. The van der Waals surface area contributed by atoms with E-state index in [4.69, 9.17) is 0 Å². The summed E-state index contributed by atoms with van der Waals surface area (Å²) in [5, 5.41) is 3.26. The fourth-order valence-electron chi connectivity index (χ4n) is 1.54. The predicted octanol–water partition coefficient (Wildman–Crippen LogP) is 3.65. The van der Waals surface area contributed by atoms with Gasteiger partial charge in [-0.15, -0.1) is 0 Å². The van der Waals surface area contributed by atoms with Crippen LogP contribution in [0.25, 0.3) is 0 Å². The van der Waals surface area contributed by atoms with Gasteiger partial charge in [-0.25, -0.2) is 4.39 Å². The third-order valence-corrected chi connectivity index (χ3v) is 2.90. The van der Waals surface area contributed by atoms with Crippen molar-refractivity contribution in [3.05, 3.63) is 34.1 Å². The highest BCUT2D eigenvalue weighted by molar-refractivity contribution is 9.10. The molecule has 0 heterocycles. The maximum atomic E-state index is 13.5. The highest BCUT2D eigenvalue weighted by atomic mass is 79.9. The van der Waals surface area contributed by atoms with Crippen LogP contribution in [0.15, 0.2) is 22.7 Å². The Labute approximate surface area is 92.8 Å². The summed E-state index contributed by atoms with van der Waals surface area (Å²) < 4.78 is 14.4. The molecule has 1 unspecified atom stereocenters. The van der Waals surface area contributed by atoms with Crippen LogP contribution in [-0.4, -0.2) is 6.54 Å². The zero-order chi connectivity index (χ0) is 10.6. The van der Waals surface area contributed by atoms with Gasteiger partial charge in [-0.1, -0.05) is 35.8 Å². The lowest BCUT2D eigenvalue weighted by Gasteiger charge is -2.18. The van der Waals surface area contributed by atoms with Crippen molar-refractivity contribution < 1.29 is 4.39 Å². The molecule has 0 fully saturated rings. The molecule has 0 aliphatic rings. The Bertz CT molecular complexity index is 281. The van der Waals surface area contributed by atoms with Gasteiger partial charge in [0.15, 0.2) is 0 Å². The maximum absolute atomic E-state index is 13.5. The first-order valence-electron chi connectivity index (χ1n) is 4.88. The van der Waals surface area contributed by atoms with Crippen LogP contribution in [0.2, 0.25) is 0 Å². The minimum absolute atomic E-state index is 0.0931. The van der Waals surface area contributed by atoms with Gasteiger partial charge in [0.25, 0.3) is 0 Å². The molecule has 0 radical (unpaired) electrons. The van der Waals surface area contributed by atoms with Crippen LogP contribution in [0.4, 0.5) is 4.39 Å². The van der Waals surface area contributed by atoms with Crippen molar-refractivity contribution in [2.24, 2.45) is 0 Å². The molecule has 1 aromatic carbocycles. The van der Waals surface area contributed by atoms with Gasteiger partial charge < -0.3 is 5.32 Å². The number of halogens is 2. The number of nitrogens with one attached hydrogen (secondary N) is 1. The predicted molar refractivity (Wildman–Crippen MR) is 60.8 cm³/mol. The van der Waals surface area contributed by atoms with Crippen molar-refractivity contribution in [1.29, 1.82) is 0 Å². The monoisotopic (exact) mass is 259 g/mol. The van der Waals surface area contributed by atoms with Crippen LogP contribution in [-0.2, 0) is 0 Å². The molecule has 1 rings (SSSR count). The molecule has 1 nitrogen and oxygen atoms in total. The average molecular weight is 260 g/mol. The first-order chi connectivity index (χ1) is 6.70. The highest BCUT2D eigenvalue weighted by Crippen LogP contribution is 2.27. The molecule has 1 N–H and O–H groups in total. The van der Waals surface area contributed by atoms with Crippen molar-refractivity contribution in [3.63, 3.8) is 0 Å². The molecule has 3 heteroatoms. The van der Waals surface area contributed by atoms with E-state index in [-0.39, 0.29) is 11.9 Å². The number of rotatable bonds is 4. The largest absolute Gasteiger partial charge is 0.310 e. The standard InChI is InChI=1S/C11H15BrFN/c1-3-10(14-4-2)11-8(12)6-5-7-9(11)13/h5-7,10,14H,3-4H2,1-2H3. The SMILES string of the molecule is CCNC(CC)c1c(F)cccc1Br. The zero-order valence-electron chi connectivity index (χ0n) is 8.48. The maximum Gasteiger partial charge on any atom is 0.129 e. The van der Waals surface area contributed by atoms with Gasteiger partial charge in [-0.3, -0.25) is 0 Å². The summed E-state index contributed by atoms with van der Waals surface area (Å²) in [7, 11) is 0. The van der Waals surface area contributed by atoms with Crippen molar-refractivity contribution in [3.8, 4) is 0 Å². The summed E-state index contributed by atoms with van der Waals surface area (Å²) in [6, 6.07) is 5.18. The molecule has 14 heavy (non-hydrogen) atoms. The van der Waals surface area contributed by atoms with Crippen molar-refractivity contribution in [2.45, 2.75) is 26.3 Å². The lowest BCUT2D eigenvalue weighted by atomic mass is 10.0. The Morgan fingerprint density at radius 2 is 2.14 bits per heavy atom. The fraction of sp³-hybridized carbons (Fsp3) is 0.455. The highest BCUT2D eigenvalue weighted by Gasteiger charge is 2.15. The summed E-state index contributed by atoms with van der Waals surface area (Å²) in [6.07, 6.45) is 0.882. The van der Waals surface area contributed by atoms with Crippen LogP contribution in [0.5, 0.6) is 0 Å². The van der Waals surface area contributed by atoms with Crippen LogP contribution < -0.4 is 5.32 Å². The van der Waals surface area contributed by atoms with E-state index in [0.717, 1.165) is 23.0 Å². The summed E-state index contributed by atoms with van der Waals surface area (Å²) in [5.74, 6) is -0.146. The molecule has 0 aliphatic carbocycles. The van der Waals surface area contributed by atoms with Crippen LogP contribution >= 0.6 is 15.9 Å². The molecule has 1 aromatic rings. The molecule has 0 bridgehead atoms. The Kier molecular flexibility index (Phi) is 4.55. The van der Waals surface area contributed by atoms with Crippen molar-refractivity contribution in [2.75, 3.05) is 6.54 Å². The third kappa shape index (κ3) is 2.55. The molecule has 78 valence electrons. The van der Waals surface area contributed by atoms with Gasteiger partial charge >= 0.3 is 0 Å². The second kappa shape index (κ2) is 5.47. The van der Waals surface area contributed by atoms with E-state index in [1.54, 1.807) is 6.07 Å². The van der Waals surface area contributed by atoms with Crippen LogP contribution in [0.1, 0.15) is 31.9 Å². The van der Waals surface area contributed by atoms with Gasteiger partial charge in [0.1, 0.15) is 5.82 Å². The first kappa shape index (κ1) is 11.7. The van der Waals surface area contributed by atoms with E-state index >= 15 is 0 Å². The topological polar surface area (TPSA) is 12.0 Å². The first-order valence-corrected chi connectivity index (χ1v) is 5.67. The van der Waals surface area contributed by atoms with Crippen molar-refractivity contribution >= 4 is 15.9 Å². The molecule has 0 saturated carbocycles. The molecule has 0 spiro atoms. The van der Waals surface area contributed by atoms with Crippen molar-refractivity contribution in [1.82, 2.24) is 5.32 Å². The molecule has 0 saturated heterocycles. The van der Waals surface area contributed by atoms with Crippen LogP contribution in [0.3, 0.4) is 0 Å². The van der Waals surface area contributed by atoms with E-state index in [9.17, 15) is 4.39 Å². The Morgan fingerprint density at radius 3 is 2.64 bits per heavy atom. The third-order valence-electron chi connectivity index (χ3n) is 2.21. The lowest BCUT2D eigenvalue weighted by Crippen LogP contribution is -2.21. The number of hydrogen-bond acceptors (Lipinski definition) is 1. The lowest BCUT2D eigenvalue weighted by molar-refractivity contribution is 0.499. The molecular formula is C11H15BrFN. The summed E-state index contributed by atoms with van der Waals surface area (Å²) in [4.78, 5) is 0. The molecule has 0 aromatic heterocycles. The van der Waals surface area contributed by atoms with Gasteiger partial charge in [-0.2, -0.15) is 0 Å². The van der Waals surface area contributed by atoms with E-state index in [2.05, 4.69) is 21.2 Å².